The molecule has 6 nitrogen and oxygen atoms in total. The highest BCUT2D eigenvalue weighted by atomic mass is 35.5. The van der Waals surface area contributed by atoms with Crippen molar-refractivity contribution in [2.75, 3.05) is 11.9 Å². The van der Waals surface area contributed by atoms with Gasteiger partial charge in [0.15, 0.2) is 0 Å². The Hall–Kier alpha value is -2.31. The van der Waals surface area contributed by atoms with E-state index in [4.69, 9.17) is 27.9 Å². The third-order valence-electron chi connectivity index (χ3n) is 3.41. The van der Waals surface area contributed by atoms with Gasteiger partial charge in [-0.3, -0.25) is 14.9 Å². The molecule has 25 heavy (non-hydrogen) atoms. The lowest BCUT2D eigenvalue weighted by Gasteiger charge is -2.11. The topological polar surface area (TPSA) is 81.5 Å². The van der Waals surface area contributed by atoms with Crippen molar-refractivity contribution in [1.29, 1.82) is 0 Å². The second-order valence-corrected chi connectivity index (χ2v) is 6.09. The summed E-state index contributed by atoms with van der Waals surface area (Å²) < 4.78 is 5.45. The highest BCUT2D eigenvalue weighted by Gasteiger charge is 2.12. The SMILES string of the molecule is Cc1ccc(Cl)c(NC(=O)CCCOc2ccc([N+](=O)[O-])cc2)c1Cl. The minimum atomic E-state index is -0.477. The highest BCUT2D eigenvalue weighted by Crippen LogP contribution is 2.33. The van der Waals surface area contributed by atoms with Crippen LogP contribution < -0.4 is 10.1 Å². The van der Waals surface area contributed by atoms with Crippen LogP contribution in [0.2, 0.25) is 10.0 Å². The second-order valence-electron chi connectivity index (χ2n) is 5.30. The molecule has 0 saturated carbocycles. The van der Waals surface area contributed by atoms with Crippen LogP contribution in [-0.4, -0.2) is 17.4 Å². The number of nitro groups is 1. The van der Waals surface area contributed by atoms with E-state index in [1.165, 1.54) is 24.3 Å². The van der Waals surface area contributed by atoms with E-state index >= 15 is 0 Å². The van der Waals surface area contributed by atoms with Gasteiger partial charge >= 0.3 is 0 Å². The molecular weight excluding hydrogens is 367 g/mol. The van der Waals surface area contributed by atoms with Crippen LogP contribution in [0.1, 0.15) is 18.4 Å². The number of non-ortho nitro benzene ring substituents is 1. The molecule has 0 unspecified atom stereocenters. The number of nitrogens with one attached hydrogen (secondary N) is 1. The molecule has 2 rings (SSSR count). The summed E-state index contributed by atoms with van der Waals surface area (Å²) in [6, 6.07) is 9.22. The first kappa shape index (κ1) is 19.0. The molecule has 0 spiro atoms. The molecule has 0 aliphatic heterocycles. The maximum atomic E-state index is 12.0. The average molecular weight is 383 g/mol. The number of carbonyl (C=O) groups excluding carboxylic acids is 1. The number of nitro benzene ring substituents is 1. The van der Waals surface area contributed by atoms with E-state index in [1.54, 1.807) is 12.1 Å². The van der Waals surface area contributed by atoms with Crippen molar-refractivity contribution in [2.24, 2.45) is 0 Å². The van der Waals surface area contributed by atoms with E-state index in [9.17, 15) is 14.9 Å². The van der Waals surface area contributed by atoms with Crippen LogP contribution in [0.5, 0.6) is 5.75 Å². The largest absolute Gasteiger partial charge is 0.494 e. The van der Waals surface area contributed by atoms with Crippen molar-refractivity contribution in [3.8, 4) is 5.75 Å². The molecule has 0 aliphatic rings. The Morgan fingerprint density at radius 2 is 1.88 bits per heavy atom. The molecule has 0 saturated heterocycles. The van der Waals surface area contributed by atoms with Crippen LogP contribution in [0, 0.1) is 17.0 Å². The van der Waals surface area contributed by atoms with Crippen LogP contribution >= 0.6 is 23.2 Å². The van der Waals surface area contributed by atoms with Crippen molar-refractivity contribution in [3.05, 3.63) is 62.1 Å². The lowest BCUT2D eigenvalue weighted by atomic mass is 10.2. The molecule has 0 bridgehead atoms. The number of ether oxygens (including phenoxy) is 1. The van der Waals surface area contributed by atoms with Crippen molar-refractivity contribution in [1.82, 2.24) is 0 Å². The first-order valence-electron chi connectivity index (χ1n) is 7.50. The number of halogens is 2. The maximum absolute atomic E-state index is 12.0. The average Bonchev–Trinajstić information content (AvgIpc) is 2.59. The minimum absolute atomic E-state index is 0.00126. The van der Waals surface area contributed by atoms with Gasteiger partial charge in [-0.2, -0.15) is 0 Å². The zero-order chi connectivity index (χ0) is 18.4. The minimum Gasteiger partial charge on any atom is -0.494 e. The summed E-state index contributed by atoms with van der Waals surface area (Å²) in [5, 5.41) is 14.1. The zero-order valence-corrected chi connectivity index (χ0v) is 14.9. The molecule has 0 radical (unpaired) electrons. The first-order valence-corrected chi connectivity index (χ1v) is 8.26. The lowest BCUT2D eigenvalue weighted by molar-refractivity contribution is -0.384. The number of hydrogen-bond acceptors (Lipinski definition) is 4. The fraction of sp³-hybridized carbons (Fsp3) is 0.235. The van der Waals surface area contributed by atoms with Gasteiger partial charge < -0.3 is 10.1 Å². The summed E-state index contributed by atoms with van der Waals surface area (Å²) in [6.45, 7) is 2.13. The molecule has 0 fully saturated rings. The van der Waals surface area contributed by atoms with Gasteiger partial charge in [0.25, 0.3) is 5.69 Å². The van der Waals surface area contributed by atoms with Crippen LogP contribution in [0.15, 0.2) is 36.4 Å². The van der Waals surface area contributed by atoms with E-state index in [-0.39, 0.29) is 18.0 Å². The molecule has 8 heteroatoms. The van der Waals surface area contributed by atoms with Gasteiger partial charge in [-0.25, -0.2) is 0 Å². The Balaban J connectivity index is 1.79. The Bertz CT molecular complexity index is 779. The van der Waals surface area contributed by atoms with E-state index in [0.717, 1.165) is 5.56 Å². The summed E-state index contributed by atoms with van der Waals surface area (Å²) in [7, 11) is 0. The fourth-order valence-electron chi connectivity index (χ4n) is 2.06. The number of benzene rings is 2. The van der Waals surface area contributed by atoms with E-state index in [1.807, 2.05) is 6.92 Å². The summed E-state index contributed by atoms with van der Waals surface area (Å²) in [5.74, 6) is 0.289. The quantitative estimate of drug-likeness (QED) is 0.414. The van der Waals surface area contributed by atoms with Gasteiger partial charge in [0.05, 0.1) is 27.3 Å². The van der Waals surface area contributed by atoms with E-state index in [2.05, 4.69) is 5.32 Å². The Morgan fingerprint density at radius 3 is 2.52 bits per heavy atom. The fourth-order valence-corrected chi connectivity index (χ4v) is 2.53. The van der Waals surface area contributed by atoms with Gasteiger partial charge in [-0.15, -0.1) is 0 Å². The van der Waals surface area contributed by atoms with Crippen molar-refractivity contribution in [2.45, 2.75) is 19.8 Å². The summed E-state index contributed by atoms with van der Waals surface area (Å²) in [4.78, 5) is 22.1. The molecule has 2 aromatic carbocycles. The molecule has 132 valence electrons. The molecule has 0 aliphatic carbocycles. The first-order chi connectivity index (χ1) is 11.9. The number of aryl methyl sites for hydroxylation is 1. The summed E-state index contributed by atoms with van der Waals surface area (Å²) in [6.07, 6.45) is 0.706. The van der Waals surface area contributed by atoms with Crippen LogP contribution in [0.25, 0.3) is 0 Å². The predicted molar refractivity (Wildman–Crippen MR) is 97.7 cm³/mol. The van der Waals surface area contributed by atoms with Crippen molar-refractivity contribution < 1.29 is 14.5 Å². The monoisotopic (exact) mass is 382 g/mol. The molecule has 0 atom stereocenters. The Kier molecular flexibility index (Phi) is 6.61. The van der Waals surface area contributed by atoms with Gasteiger partial charge in [0, 0.05) is 18.6 Å². The number of hydrogen-bond donors (Lipinski definition) is 1. The number of rotatable bonds is 7. The van der Waals surface area contributed by atoms with Gasteiger partial charge in [0.2, 0.25) is 5.91 Å². The molecule has 2 aromatic rings. The Labute approximate surface area is 154 Å². The third kappa shape index (κ3) is 5.34. The third-order valence-corrected chi connectivity index (χ3v) is 4.22. The number of amides is 1. The molecular formula is C17H16Cl2N2O4. The van der Waals surface area contributed by atoms with Gasteiger partial charge in [-0.1, -0.05) is 29.3 Å². The lowest BCUT2D eigenvalue weighted by Crippen LogP contribution is -2.13. The second kappa shape index (κ2) is 8.69. The maximum Gasteiger partial charge on any atom is 0.269 e. The van der Waals surface area contributed by atoms with Crippen LogP contribution in [-0.2, 0) is 4.79 Å². The van der Waals surface area contributed by atoms with Gasteiger partial charge in [-0.05, 0) is 37.1 Å². The van der Waals surface area contributed by atoms with Crippen molar-refractivity contribution >= 4 is 40.5 Å². The number of nitrogens with zero attached hydrogens (tertiary/aromatic N) is 1. The predicted octanol–water partition coefficient (Wildman–Crippen LogP) is 5.01. The molecule has 1 amide bonds. The van der Waals surface area contributed by atoms with Crippen molar-refractivity contribution in [3.63, 3.8) is 0 Å². The van der Waals surface area contributed by atoms with E-state index < -0.39 is 4.92 Å². The normalized spacial score (nSPS) is 10.4. The Morgan fingerprint density at radius 1 is 1.20 bits per heavy atom. The highest BCUT2D eigenvalue weighted by molar-refractivity contribution is 6.40. The van der Waals surface area contributed by atoms with Crippen LogP contribution in [0.4, 0.5) is 11.4 Å². The number of carbonyl (C=O) groups is 1. The molecule has 0 heterocycles. The number of anilines is 1. The molecule has 0 aromatic heterocycles. The molecule has 1 N–H and O–H groups in total. The summed E-state index contributed by atoms with van der Waals surface area (Å²) in [5.41, 5.74) is 1.23. The van der Waals surface area contributed by atoms with Gasteiger partial charge in [0.1, 0.15) is 5.75 Å². The van der Waals surface area contributed by atoms with Crippen LogP contribution in [0.3, 0.4) is 0 Å². The standard InChI is InChI=1S/C17H16Cl2N2O4/c1-11-4-9-14(18)17(16(11)19)20-15(22)3-2-10-25-13-7-5-12(6-8-13)21(23)24/h4-9H,2-3,10H2,1H3,(H,20,22). The smallest absolute Gasteiger partial charge is 0.269 e. The van der Waals surface area contributed by atoms with E-state index in [0.29, 0.717) is 34.5 Å². The zero-order valence-electron chi connectivity index (χ0n) is 13.4. The summed E-state index contributed by atoms with van der Waals surface area (Å²) >= 11 is 12.2.